The SMILES string of the molecule is NCCCCC(NC(=O)C(F)(F)F)C(=O)O.[H-].[Li+]. The van der Waals surface area contributed by atoms with Crippen LogP contribution in [-0.4, -0.2) is 35.7 Å². The molecule has 0 aliphatic rings. The number of carboxylic acids is 1. The fourth-order valence-electron chi connectivity index (χ4n) is 0.990. The molecule has 17 heavy (non-hydrogen) atoms. The van der Waals surface area contributed by atoms with Crippen LogP contribution in [0.3, 0.4) is 0 Å². The minimum absolute atomic E-state index is 0. The van der Waals surface area contributed by atoms with E-state index in [4.69, 9.17) is 10.8 Å². The minimum atomic E-state index is -5.07. The normalized spacial score (nSPS) is 12.5. The Balaban J connectivity index is -0.00000112. The van der Waals surface area contributed by atoms with Crippen molar-refractivity contribution in [1.82, 2.24) is 5.32 Å². The van der Waals surface area contributed by atoms with Crippen molar-refractivity contribution in [3.63, 3.8) is 0 Å². The Bertz CT molecular complexity index is 266. The third kappa shape index (κ3) is 8.07. The van der Waals surface area contributed by atoms with Crippen LogP contribution in [0.1, 0.15) is 20.7 Å². The molecule has 1 atom stereocenters. The van der Waals surface area contributed by atoms with Crippen molar-refractivity contribution in [3.05, 3.63) is 0 Å². The third-order valence-corrected chi connectivity index (χ3v) is 1.81. The van der Waals surface area contributed by atoms with E-state index >= 15 is 0 Å². The van der Waals surface area contributed by atoms with E-state index in [0.29, 0.717) is 19.4 Å². The Labute approximate surface area is 110 Å². The van der Waals surface area contributed by atoms with Gasteiger partial charge in [-0.15, -0.1) is 0 Å². The molecule has 0 saturated carbocycles. The second-order valence-electron chi connectivity index (χ2n) is 3.15. The monoisotopic (exact) mass is 250 g/mol. The topological polar surface area (TPSA) is 92.4 Å². The van der Waals surface area contributed by atoms with Crippen LogP contribution in [0.5, 0.6) is 0 Å². The fourth-order valence-corrected chi connectivity index (χ4v) is 0.990. The Morgan fingerprint density at radius 1 is 1.35 bits per heavy atom. The second kappa shape index (κ2) is 8.39. The first kappa shape index (κ1) is 18.6. The molecule has 5 nitrogen and oxygen atoms in total. The molecule has 0 aromatic rings. The van der Waals surface area contributed by atoms with Crippen LogP contribution in [-0.2, 0) is 9.59 Å². The van der Waals surface area contributed by atoms with Crippen LogP contribution < -0.4 is 29.9 Å². The molecule has 0 spiro atoms. The molecule has 0 fully saturated rings. The summed E-state index contributed by atoms with van der Waals surface area (Å²) in [4.78, 5) is 21.0. The van der Waals surface area contributed by atoms with Crippen LogP contribution in [0, 0.1) is 0 Å². The van der Waals surface area contributed by atoms with Gasteiger partial charge in [0.05, 0.1) is 0 Å². The Hall–Kier alpha value is -0.713. The van der Waals surface area contributed by atoms with Crippen LogP contribution in [0.2, 0.25) is 0 Å². The summed E-state index contributed by atoms with van der Waals surface area (Å²) >= 11 is 0. The van der Waals surface area contributed by atoms with Gasteiger partial charge in [0, 0.05) is 0 Å². The minimum Gasteiger partial charge on any atom is -1.00 e. The van der Waals surface area contributed by atoms with Crippen LogP contribution >= 0.6 is 0 Å². The molecule has 4 N–H and O–H groups in total. The zero-order chi connectivity index (χ0) is 12.8. The maximum Gasteiger partial charge on any atom is 1.00 e. The number of carbonyl (C=O) groups is 2. The zero-order valence-electron chi connectivity index (χ0n) is 10.4. The molecule has 0 aromatic heterocycles. The molecule has 9 heteroatoms. The molecule has 0 rings (SSSR count). The number of nitrogens with one attached hydrogen (secondary N) is 1. The number of hydrogen-bond acceptors (Lipinski definition) is 3. The van der Waals surface area contributed by atoms with Gasteiger partial charge < -0.3 is 17.6 Å². The van der Waals surface area contributed by atoms with Gasteiger partial charge in [0.2, 0.25) is 0 Å². The number of aliphatic carboxylic acids is 1. The van der Waals surface area contributed by atoms with Gasteiger partial charge in [-0.05, 0) is 25.8 Å². The molecule has 1 unspecified atom stereocenters. The van der Waals surface area contributed by atoms with Gasteiger partial charge in [-0.25, -0.2) is 4.79 Å². The maximum absolute atomic E-state index is 11.8. The molecule has 0 aliphatic heterocycles. The standard InChI is InChI=1S/C8H13F3N2O3.Li.H/c9-8(10,11)7(16)13-5(6(14)15)3-1-2-4-12;;/h5H,1-4,12H2,(H,13,16)(H,14,15);;/q;+1;-1. The van der Waals surface area contributed by atoms with Gasteiger partial charge in [-0.3, -0.25) is 4.79 Å². The molecule has 1 amide bonds. The number of carboxylic acid groups (broad SMARTS) is 1. The summed E-state index contributed by atoms with van der Waals surface area (Å²) in [5.74, 6) is -3.73. The van der Waals surface area contributed by atoms with Gasteiger partial charge in [0.15, 0.2) is 0 Å². The van der Waals surface area contributed by atoms with E-state index in [1.54, 1.807) is 0 Å². The van der Waals surface area contributed by atoms with Crippen molar-refractivity contribution in [3.8, 4) is 0 Å². The summed E-state index contributed by atoms with van der Waals surface area (Å²) in [6, 6.07) is -1.53. The first-order valence-electron chi connectivity index (χ1n) is 4.59. The summed E-state index contributed by atoms with van der Waals surface area (Å²) in [7, 11) is 0. The first-order chi connectivity index (χ1) is 7.29. The summed E-state index contributed by atoms with van der Waals surface area (Å²) in [5.41, 5.74) is 5.15. The molecule has 0 bridgehead atoms. The largest absolute Gasteiger partial charge is 1.00 e. The number of nitrogens with two attached hydrogens (primary N) is 1. The molecular formula is C8H14F3LiN2O3. The maximum atomic E-state index is 11.8. The van der Waals surface area contributed by atoms with E-state index in [2.05, 4.69) is 0 Å². The van der Waals surface area contributed by atoms with Crippen molar-refractivity contribution in [1.29, 1.82) is 0 Å². The second-order valence-corrected chi connectivity index (χ2v) is 3.15. The van der Waals surface area contributed by atoms with Crippen molar-refractivity contribution in [2.24, 2.45) is 5.73 Å². The van der Waals surface area contributed by atoms with Crippen LogP contribution in [0.25, 0.3) is 0 Å². The summed E-state index contributed by atoms with van der Waals surface area (Å²) in [6.45, 7) is 0.319. The van der Waals surface area contributed by atoms with Crippen molar-refractivity contribution < 1.29 is 48.2 Å². The Kier molecular flexibility index (Phi) is 9.20. The molecule has 0 radical (unpaired) electrons. The Morgan fingerprint density at radius 3 is 2.24 bits per heavy atom. The predicted molar refractivity (Wildman–Crippen MR) is 49.6 cm³/mol. The molecule has 0 aliphatic carbocycles. The quantitative estimate of drug-likeness (QED) is 0.355. The van der Waals surface area contributed by atoms with E-state index in [9.17, 15) is 22.8 Å². The van der Waals surface area contributed by atoms with Crippen molar-refractivity contribution in [2.45, 2.75) is 31.5 Å². The molecule has 96 valence electrons. The number of carbonyl (C=O) groups excluding carboxylic acids is 1. The number of hydrogen-bond donors (Lipinski definition) is 3. The van der Waals surface area contributed by atoms with Crippen LogP contribution in [0.4, 0.5) is 13.2 Å². The van der Waals surface area contributed by atoms with E-state index in [1.807, 2.05) is 0 Å². The molecule has 0 saturated heterocycles. The van der Waals surface area contributed by atoms with E-state index in [0.717, 1.165) is 0 Å². The third-order valence-electron chi connectivity index (χ3n) is 1.81. The predicted octanol–water partition coefficient (Wildman–Crippen LogP) is -2.64. The summed E-state index contributed by atoms with van der Waals surface area (Å²) < 4.78 is 35.5. The zero-order valence-corrected chi connectivity index (χ0v) is 9.38. The number of amides is 1. The van der Waals surface area contributed by atoms with Gasteiger partial charge in [-0.2, -0.15) is 13.2 Å². The first-order valence-corrected chi connectivity index (χ1v) is 4.59. The average molecular weight is 250 g/mol. The number of alkyl halides is 3. The summed E-state index contributed by atoms with van der Waals surface area (Å²) in [6.07, 6.45) is -4.31. The Morgan fingerprint density at radius 2 is 1.88 bits per heavy atom. The number of halogens is 3. The van der Waals surface area contributed by atoms with E-state index < -0.39 is 24.1 Å². The summed E-state index contributed by atoms with van der Waals surface area (Å²) in [5, 5.41) is 9.98. The van der Waals surface area contributed by atoms with E-state index in [-0.39, 0.29) is 26.7 Å². The number of rotatable bonds is 6. The molecular weight excluding hydrogens is 236 g/mol. The van der Waals surface area contributed by atoms with E-state index in [1.165, 1.54) is 5.32 Å². The van der Waals surface area contributed by atoms with Gasteiger partial charge in [0.25, 0.3) is 0 Å². The number of unbranched alkanes of at least 4 members (excludes halogenated alkanes) is 1. The average Bonchev–Trinajstić information content (AvgIpc) is 2.14. The van der Waals surface area contributed by atoms with Gasteiger partial charge in [-0.1, -0.05) is 0 Å². The van der Waals surface area contributed by atoms with Gasteiger partial charge in [0.1, 0.15) is 6.04 Å². The smallest absolute Gasteiger partial charge is 1.00 e. The fraction of sp³-hybridized carbons (Fsp3) is 0.750. The van der Waals surface area contributed by atoms with Gasteiger partial charge >= 0.3 is 36.9 Å². The van der Waals surface area contributed by atoms with Crippen molar-refractivity contribution >= 4 is 11.9 Å². The van der Waals surface area contributed by atoms with Crippen LogP contribution in [0.15, 0.2) is 0 Å². The molecule has 0 aromatic carbocycles. The molecule has 0 heterocycles. The van der Waals surface area contributed by atoms with Crippen molar-refractivity contribution in [2.75, 3.05) is 6.54 Å².